The Balaban J connectivity index is 1.73. The van der Waals surface area contributed by atoms with Gasteiger partial charge < -0.3 is 9.84 Å². The minimum Gasteiger partial charge on any atom is -0.478 e. The molecule has 1 N–H and O–H groups in total. The number of nitrogens with zero attached hydrogens (tertiary/aromatic N) is 1. The summed E-state index contributed by atoms with van der Waals surface area (Å²) < 4.78 is 4.97. The Kier molecular flexibility index (Phi) is 6.28. The van der Waals surface area contributed by atoms with Crippen molar-refractivity contribution >= 4 is 46.5 Å². The van der Waals surface area contributed by atoms with Crippen molar-refractivity contribution in [2.24, 2.45) is 0 Å². The normalized spacial score (nSPS) is 10.7. The third-order valence-corrected chi connectivity index (χ3v) is 6.46. The molecule has 0 aliphatic heterocycles. The van der Waals surface area contributed by atoms with E-state index in [4.69, 9.17) is 33.0 Å². The number of esters is 1. The summed E-state index contributed by atoms with van der Waals surface area (Å²) >= 11 is 13.6. The minimum absolute atomic E-state index is 0.169. The zero-order valence-corrected chi connectivity index (χ0v) is 19.0. The highest BCUT2D eigenvalue weighted by Gasteiger charge is 2.17. The van der Waals surface area contributed by atoms with Gasteiger partial charge in [0.2, 0.25) is 0 Å². The van der Waals surface area contributed by atoms with Gasteiger partial charge in [-0.25, -0.2) is 14.6 Å². The highest BCUT2D eigenvalue weighted by Crippen LogP contribution is 2.34. The van der Waals surface area contributed by atoms with Gasteiger partial charge in [-0.15, -0.1) is 11.3 Å². The van der Waals surface area contributed by atoms with Gasteiger partial charge in [-0.2, -0.15) is 0 Å². The fraction of sp³-hybridized carbons (Fsp3) is 0.0417. The van der Waals surface area contributed by atoms with Crippen molar-refractivity contribution < 1.29 is 19.4 Å². The molecule has 0 amide bonds. The first kappa shape index (κ1) is 22.0. The zero-order valence-electron chi connectivity index (χ0n) is 16.6. The molecule has 0 unspecified atom stereocenters. The molecule has 0 fully saturated rings. The summed E-state index contributed by atoms with van der Waals surface area (Å²) in [5.41, 5.74) is 4.22. The number of hydrogen-bond acceptors (Lipinski definition) is 5. The molecule has 1 aromatic heterocycles. The summed E-state index contributed by atoms with van der Waals surface area (Å²) in [7, 11) is 1.32. The quantitative estimate of drug-likeness (QED) is 0.311. The Bertz CT molecular complexity index is 1330. The number of ether oxygens (including phenoxy) is 1. The summed E-state index contributed by atoms with van der Waals surface area (Å²) in [6.45, 7) is 0. The first-order chi connectivity index (χ1) is 15.4. The molecular weight excluding hydrogens is 469 g/mol. The number of methoxy groups -OCH3 is 1. The summed E-state index contributed by atoms with van der Waals surface area (Å²) in [6.07, 6.45) is 0. The zero-order chi connectivity index (χ0) is 22.8. The average molecular weight is 484 g/mol. The molecule has 0 radical (unpaired) electrons. The van der Waals surface area contributed by atoms with Crippen LogP contribution in [0.15, 0.2) is 66.0 Å². The van der Waals surface area contributed by atoms with Crippen molar-refractivity contribution in [3.8, 4) is 33.0 Å². The monoisotopic (exact) mass is 483 g/mol. The van der Waals surface area contributed by atoms with Crippen molar-refractivity contribution in [3.63, 3.8) is 0 Å². The van der Waals surface area contributed by atoms with Crippen LogP contribution in [0.25, 0.3) is 33.0 Å². The molecule has 0 aliphatic carbocycles. The Labute approximate surface area is 197 Å². The number of aromatic carboxylic acids is 1. The molecule has 0 saturated carbocycles. The van der Waals surface area contributed by atoms with Crippen LogP contribution in [0.2, 0.25) is 10.0 Å². The number of aromatic nitrogens is 1. The van der Waals surface area contributed by atoms with Crippen LogP contribution in [-0.2, 0) is 4.74 Å². The maximum atomic E-state index is 12.5. The second-order valence-electron chi connectivity index (χ2n) is 6.80. The van der Waals surface area contributed by atoms with Crippen LogP contribution in [0.1, 0.15) is 20.7 Å². The fourth-order valence-corrected chi connectivity index (χ4v) is 4.32. The molecular formula is C24H15Cl2NO4S. The lowest BCUT2D eigenvalue weighted by atomic mass is 9.96. The number of rotatable bonds is 5. The lowest BCUT2D eigenvalue weighted by Gasteiger charge is -2.10. The summed E-state index contributed by atoms with van der Waals surface area (Å²) in [4.78, 5) is 28.3. The van der Waals surface area contributed by atoms with Crippen molar-refractivity contribution in [1.29, 1.82) is 0 Å². The van der Waals surface area contributed by atoms with Gasteiger partial charge in [-0.3, -0.25) is 0 Å². The lowest BCUT2D eigenvalue weighted by Crippen LogP contribution is -2.04. The van der Waals surface area contributed by atoms with Gasteiger partial charge in [0.15, 0.2) is 0 Å². The van der Waals surface area contributed by atoms with E-state index in [-0.39, 0.29) is 5.56 Å². The van der Waals surface area contributed by atoms with Gasteiger partial charge in [-0.1, -0.05) is 53.5 Å². The lowest BCUT2D eigenvalue weighted by molar-refractivity contribution is 0.0600. The van der Waals surface area contributed by atoms with Crippen LogP contribution < -0.4 is 0 Å². The van der Waals surface area contributed by atoms with Crippen LogP contribution in [-0.4, -0.2) is 29.1 Å². The van der Waals surface area contributed by atoms with Crippen LogP contribution in [0.3, 0.4) is 0 Å². The SMILES string of the molecule is COC(=O)c1cc(-c2nc(-c3ccc(Cl)c(Cl)c3)cs2)ccc1-c1ccc(C(=O)O)cc1. The van der Waals surface area contributed by atoms with Crippen LogP contribution in [0.4, 0.5) is 0 Å². The largest absolute Gasteiger partial charge is 0.478 e. The third kappa shape index (κ3) is 4.39. The number of hydrogen-bond donors (Lipinski definition) is 1. The van der Waals surface area contributed by atoms with E-state index in [0.717, 1.165) is 21.8 Å². The molecule has 3 aromatic carbocycles. The predicted molar refractivity (Wildman–Crippen MR) is 127 cm³/mol. The highest BCUT2D eigenvalue weighted by molar-refractivity contribution is 7.13. The Morgan fingerprint density at radius 2 is 1.59 bits per heavy atom. The Morgan fingerprint density at radius 1 is 0.906 bits per heavy atom. The molecule has 160 valence electrons. The topological polar surface area (TPSA) is 76.5 Å². The van der Waals surface area contributed by atoms with Crippen LogP contribution in [0.5, 0.6) is 0 Å². The Hall–Kier alpha value is -3.19. The van der Waals surface area contributed by atoms with Crippen LogP contribution >= 0.6 is 34.5 Å². The van der Waals surface area contributed by atoms with Crippen molar-refractivity contribution in [2.45, 2.75) is 0 Å². The summed E-state index contributed by atoms with van der Waals surface area (Å²) in [6, 6.07) is 17.0. The van der Waals surface area contributed by atoms with Crippen molar-refractivity contribution in [3.05, 3.63) is 87.2 Å². The van der Waals surface area contributed by atoms with Gasteiger partial charge in [0, 0.05) is 16.5 Å². The molecule has 0 bridgehead atoms. The molecule has 0 spiro atoms. The van der Waals surface area contributed by atoms with Gasteiger partial charge in [0.25, 0.3) is 0 Å². The summed E-state index contributed by atoms with van der Waals surface area (Å²) in [5.74, 6) is -1.51. The predicted octanol–water partition coefficient (Wildman–Crippen LogP) is 6.94. The number of carbonyl (C=O) groups is 2. The van der Waals surface area contributed by atoms with E-state index in [9.17, 15) is 9.59 Å². The molecule has 0 atom stereocenters. The average Bonchev–Trinajstić information content (AvgIpc) is 3.30. The maximum Gasteiger partial charge on any atom is 0.338 e. The van der Waals surface area contributed by atoms with Gasteiger partial charge >= 0.3 is 11.9 Å². The first-order valence-corrected chi connectivity index (χ1v) is 11.0. The molecule has 0 saturated heterocycles. The molecule has 0 aliphatic rings. The molecule has 5 nitrogen and oxygen atoms in total. The molecule has 8 heteroatoms. The molecule has 1 heterocycles. The van der Waals surface area contributed by atoms with E-state index < -0.39 is 11.9 Å². The second-order valence-corrected chi connectivity index (χ2v) is 8.47. The van der Waals surface area contributed by atoms with E-state index in [2.05, 4.69) is 4.98 Å². The molecule has 4 rings (SSSR count). The van der Waals surface area contributed by atoms with E-state index in [1.54, 1.807) is 36.4 Å². The fourth-order valence-electron chi connectivity index (χ4n) is 3.19. The minimum atomic E-state index is -1.01. The van der Waals surface area contributed by atoms with E-state index >= 15 is 0 Å². The van der Waals surface area contributed by atoms with Gasteiger partial charge in [0.05, 0.1) is 34.0 Å². The highest BCUT2D eigenvalue weighted by atomic mass is 35.5. The second kappa shape index (κ2) is 9.12. The van der Waals surface area contributed by atoms with E-state index in [1.807, 2.05) is 17.5 Å². The van der Waals surface area contributed by atoms with E-state index in [1.165, 1.54) is 30.6 Å². The van der Waals surface area contributed by atoms with Gasteiger partial charge in [-0.05, 0) is 41.5 Å². The number of halogens is 2. The van der Waals surface area contributed by atoms with Crippen LogP contribution in [0, 0.1) is 0 Å². The number of carboxylic acids is 1. The first-order valence-electron chi connectivity index (χ1n) is 9.35. The number of benzene rings is 3. The third-order valence-electron chi connectivity index (χ3n) is 4.83. The molecule has 32 heavy (non-hydrogen) atoms. The van der Waals surface area contributed by atoms with E-state index in [0.29, 0.717) is 26.7 Å². The number of carboxylic acid groups (broad SMARTS) is 1. The van der Waals surface area contributed by atoms with Crippen molar-refractivity contribution in [2.75, 3.05) is 7.11 Å². The Morgan fingerprint density at radius 3 is 2.25 bits per heavy atom. The van der Waals surface area contributed by atoms with Gasteiger partial charge in [0.1, 0.15) is 5.01 Å². The number of carbonyl (C=O) groups excluding carboxylic acids is 1. The standard InChI is InChI=1S/C24H15Cl2NO4S/c1-31-24(30)18-10-16(6-8-17(18)13-2-4-14(5-3-13)23(28)29)22-27-21(12-32-22)15-7-9-19(25)20(26)11-15/h2-12H,1H3,(H,28,29). The molecule has 4 aromatic rings. The number of thiazole rings is 1. The van der Waals surface area contributed by atoms with Crippen molar-refractivity contribution in [1.82, 2.24) is 4.98 Å². The maximum absolute atomic E-state index is 12.5. The summed E-state index contributed by atoms with van der Waals surface area (Å²) in [5, 5.41) is 12.7. The smallest absolute Gasteiger partial charge is 0.338 e.